The molecule has 1 saturated heterocycles. The molecule has 1 aliphatic heterocycles. The molecule has 176 valence electrons. The van der Waals surface area contributed by atoms with Gasteiger partial charge in [-0.3, -0.25) is 0 Å². The van der Waals surface area contributed by atoms with Crippen molar-refractivity contribution in [2.75, 3.05) is 13.1 Å². The molecule has 0 atom stereocenters. The Balaban J connectivity index is 1.84. The molecular formula is C21H22F3N5O4. The maximum Gasteiger partial charge on any atom is 0.416 e. The minimum Gasteiger partial charge on any atom is -0.465 e. The van der Waals surface area contributed by atoms with Crippen LogP contribution >= 0.6 is 0 Å². The minimum atomic E-state index is -4.56. The fraction of sp³-hybridized carbons (Fsp3) is 0.381. The third kappa shape index (κ3) is 5.57. The van der Waals surface area contributed by atoms with Gasteiger partial charge in [-0.2, -0.15) is 13.2 Å². The highest BCUT2D eigenvalue weighted by molar-refractivity contribution is 5.98. The van der Waals surface area contributed by atoms with Gasteiger partial charge in [-0.25, -0.2) is 19.6 Å². The number of carbonyl (C=O) groups excluding carboxylic acids is 1. The highest BCUT2D eigenvalue weighted by atomic mass is 19.4. The van der Waals surface area contributed by atoms with Gasteiger partial charge in [0, 0.05) is 24.6 Å². The normalized spacial score (nSPS) is 15.4. The molecule has 3 rings (SSSR count). The Morgan fingerprint density at radius 3 is 2.48 bits per heavy atom. The van der Waals surface area contributed by atoms with Gasteiger partial charge >= 0.3 is 18.2 Å². The number of carbonyl (C=O) groups is 2. The lowest BCUT2D eigenvalue weighted by Gasteiger charge is -2.30. The fourth-order valence-electron chi connectivity index (χ4n) is 3.67. The first kappa shape index (κ1) is 24.0. The highest BCUT2D eigenvalue weighted by Gasteiger charge is 2.31. The number of hydrogen-bond donors (Lipinski definition) is 2. The van der Waals surface area contributed by atoms with E-state index in [0.717, 1.165) is 12.1 Å². The first-order valence-electron chi connectivity index (χ1n) is 10.0. The molecule has 0 saturated carbocycles. The predicted octanol–water partition coefficient (Wildman–Crippen LogP) is 3.45. The number of carboxylic acid groups (broad SMARTS) is 1. The Morgan fingerprint density at radius 1 is 1.21 bits per heavy atom. The molecule has 1 aliphatic rings. The summed E-state index contributed by atoms with van der Waals surface area (Å²) >= 11 is 0. The third-order valence-corrected chi connectivity index (χ3v) is 5.30. The number of aryl methyl sites for hydroxylation is 2. The maximum absolute atomic E-state index is 12.9. The van der Waals surface area contributed by atoms with Crippen LogP contribution in [0.15, 0.2) is 29.4 Å². The number of hydrogen-bond acceptors (Lipinski definition) is 6. The van der Waals surface area contributed by atoms with Gasteiger partial charge in [0.15, 0.2) is 5.84 Å². The van der Waals surface area contributed by atoms with Crippen LogP contribution in [0.25, 0.3) is 0 Å². The molecule has 1 aromatic carbocycles. The van der Waals surface area contributed by atoms with Crippen LogP contribution in [0.3, 0.4) is 0 Å². The van der Waals surface area contributed by atoms with Crippen molar-refractivity contribution in [3.63, 3.8) is 0 Å². The smallest absolute Gasteiger partial charge is 0.416 e. The lowest BCUT2D eigenvalue weighted by Crippen LogP contribution is -2.37. The standard InChI is InChI=1S/C21H22F3N5O4/c1-11-16(17(27-12(2)26-11)13-6-8-29(9-7-13)20(31)32)19(30)33-28-18(25)14-4-3-5-15(10-14)21(22,23)24/h3-5,10,13H,6-9H2,1-2H3,(H2,25,28)(H,31,32). The number of amides is 1. The van der Waals surface area contributed by atoms with Gasteiger partial charge in [0.25, 0.3) is 0 Å². The molecule has 33 heavy (non-hydrogen) atoms. The minimum absolute atomic E-state index is 0.0595. The van der Waals surface area contributed by atoms with Crippen molar-refractivity contribution in [2.24, 2.45) is 10.9 Å². The van der Waals surface area contributed by atoms with Crippen molar-refractivity contribution in [3.05, 3.63) is 58.2 Å². The summed E-state index contributed by atoms with van der Waals surface area (Å²) in [5, 5.41) is 12.7. The van der Waals surface area contributed by atoms with Gasteiger partial charge in [-0.05, 0) is 38.8 Å². The van der Waals surface area contributed by atoms with Crippen LogP contribution in [0.5, 0.6) is 0 Å². The number of likely N-dealkylation sites (tertiary alicyclic amines) is 1. The Labute approximate surface area is 187 Å². The number of benzene rings is 1. The number of oxime groups is 1. The van der Waals surface area contributed by atoms with E-state index in [1.54, 1.807) is 13.8 Å². The van der Waals surface area contributed by atoms with Crippen molar-refractivity contribution in [2.45, 2.75) is 38.8 Å². The van der Waals surface area contributed by atoms with Crippen LogP contribution in [0.2, 0.25) is 0 Å². The van der Waals surface area contributed by atoms with Gasteiger partial charge in [0.2, 0.25) is 0 Å². The van der Waals surface area contributed by atoms with Crippen LogP contribution in [-0.4, -0.2) is 51.0 Å². The Bertz CT molecular complexity index is 1100. The summed E-state index contributed by atoms with van der Waals surface area (Å²) in [6, 6.07) is 4.16. The average molecular weight is 465 g/mol. The second-order valence-electron chi connectivity index (χ2n) is 7.59. The van der Waals surface area contributed by atoms with E-state index >= 15 is 0 Å². The van der Waals surface area contributed by atoms with Gasteiger partial charge in [0.05, 0.1) is 17.0 Å². The van der Waals surface area contributed by atoms with Crippen molar-refractivity contribution in [3.8, 4) is 0 Å². The van der Waals surface area contributed by atoms with E-state index in [1.807, 2.05) is 0 Å². The molecule has 0 aliphatic carbocycles. The first-order chi connectivity index (χ1) is 15.5. The summed E-state index contributed by atoms with van der Waals surface area (Å²) in [5.41, 5.74) is 5.60. The molecule has 1 fully saturated rings. The van der Waals surface area contributed by atoms with Crippen LogP contribution < -0.4 is 5.73 Å². The van der Waals surface area contributed by atoms with Crippen LogP contribution in [0.4, 0.5) is 18.0 Å². The number of amidine groups is 1. The van der Waals surface area contributed by atoms with E-state index in [4.69, 9.17) is 15.7 Å². The number of piperidine rings is 1. The number of halogens is 3. The maximum atomic E-state index is 12.9. The van der Waals surface area contributed by atoms with E-state index in [-0.39, 0.29) is 30.1 Å². The largest absolute Gasteiger partial charge is 0.465 e. The fourth-order valence-corrected chi connectivity index (χ4v) is 3.67. The second-order valence-corrected chi connectivity index (χ2v) is 7.59. The average Bonchev–Trinajstić information content (AvgIpc) is 2.76. The molecule has 0 bridgehead atoms. The van der Waals surface area contributed by atoms with Crippen molar-refractivity contribution < 1.29 is 32.7 Å². The zero-order valence-electron chi connectivity index (χ0n) is 17.9. The molecule has 0 spiro atoms. The first-order valence-corrected chi connectivity index (χ1v) is 10.0. The summed E-state index contributed by atoms with van der Waals surface area (Å²) in [6.07, 6.45) is -4.66. The van der Waals surface area contributed by atoms with E-state index < -0.39 is 29.6 Å². The Hall–Kier alpha value is -3.70. The van der Waals surface area contributed by atoms with Gasteiger partial charge < -0.3 is 20.6 Å². The zero-order valence-corrected chi connectivity index (χ0v) is 17.9. The second kappa shape index (κ2) is 9.43. The number of aromatic nitrogens is 2. The number of alkyl halides is 3. The monoisotopic (exact) mass is 465 g/mol. The molecule has 2 aromatic rings. The number of nitrogens with two attached hydrogens (primary N) is 1. The van der Waals surface area contributed by atoms with E-state index in [2.05, 4.69) is 15.1 Å². The number of rotatable bonds is 4. The lowest BCUT2D eigenvalue weighted by atomic mass is 9.90. The Kier molecular flexibility index (Phi) is 6.84. The SMILES string of the molecule is Cc1nc(C)c(C(=O)ON=C(N)c2cccc(C(F)(F)F)c2)c(C2CCN(C(=O)O)CC2)n1. The third-order valence-electron chi connectivity index (χ3n) is 5.30. The molecule has 0 unspecified atom stereocenters. The molecule has 0 radical (unpaired) electrons. The molecular weight excluding hydrogens is 443 g/mol. The summed E-state index contributed by atoms with van der Waals surface area (Å²) < 4.78 is 38.8. The summed E-state index contributed by atoms with van der Waals surface area (Å²) in [5.74, 6) is -1.07. The lowest BCUT2D eigenvalue weighted by molar-refractivity contribution is -0.137. The molecule has 2 heterocycles. The van der Waals surface area contributed by atoms with Crippen LogP contribution in [-0.2, 0) is 11.0 Å². The molecule has 12 heteroatoms. The van der Waals surface area contributed by atoms with E-state index in [1.165, 1.54) is 17.0 Å². The molecule has 1 amide bonds. The summed E-state index contributed by atoms with van der Waals surface area (Å²) in [6.45, 7) is 3.84. The summed E-state index contributed by atoms with van der Waals surface area (Å²) in [7, 11) is 0. The predicted molar refractivity (Wildman–Crippen MR) is 111 cm³/mol. The van der Waals surface area contributed by atoms with Crippen LogP contribution in [0, 0.1) is 13.8 Å². The van der Waals surface area contributed by atoms with E-state index in [0.29, 0.717) is 30.1 Å². The van der Waals surface area contributed by atoms with E-state index in [9.17, 15) is 22.8 Å². The zero-order chi connectivity index (χ0) is 24.3. The highest BCUT2D eigenvalue weighted by Crippen LogP contribution is 2.31. The van der Waals surface area contributed by atoms with Crippen molar-refractivity contribution >= 4 is 17.9 Å². The van der Waals surface area contributed by atoms with Gasteiger partial charge in [-0.15, -0.1) is 0 Å². The summed E-state index contributed by atoms with van der Waals surface area (Å²) in [4.78, 5) is 38.8. The van der Waals surface area contributed by atoms with Crippen molar-refractivity contribution in [1.29, 1.82) is 0 Å². The molecule has 3 N–H and O–H groups in total. The molecule has 1 aromatic heterocycles. The van der Waals surface area contributed by atoms with Crippen molar-refractivity contribution in [1.82, 2.24) is 14.9 Å². The Morgan fingerprint density at radius 2 is 1.88 bits per heavy atom. The van der Waals surface area contributed by atoms with Gasteiger partial charge in [-0.1, -0.05) is 17.3 Å². The quantitative estimate of drug-likeness (QED) is 0.306. The van der Waals surface area contributed by atoms with Gasteiger partial charge in [0.1, 0.15) is 11.4 Å². The number of nitrogens with zero attached hydrogens (tertiary/aromatic N) is 4. The molecule has 9 nitrogen and oxygen atoms in total. The topological polar surface area (TPSA) is 131 Å². The van der Waals surface area contributed by atoms with Crippen LogP contribution in [0.1, 0.15) is 57.5 Å².